The summed E-state index contributed by atoms with van der Waals surface area (Å²) in [6.45, 7) is 0. The highest BCUT2D eigenvalue weighted by Gasteiger charge is 2.31. The van der Waals surface area contributed by atoms with Crippen LogP contribution in [0.2, 0.25) is 0 Å². The van der Waals surface area contributed by atoms with Crippen molar-refractivity contribution in [1.82, 2.24) is 0 Å². The third-order valence-corrected chi connectivity index (χ3v) is 2.39. The fraction of sp³-hybridized carbons (Fsp3) is 0.364. The van der Waals surface area contributed by atoms with Crippen LogP contribution in [-0.2, 0) is 0 Å². The lowest BCUT2D eigenvalue weighted by molar-refractivity contribution is -0.274. The van der Waals surface area contributed by atoms with Crippen LogP contribution < -0.4 is 9.47 Å². The van der Waals surface area contributed by atoms with Gasteiger partial charge in [0.25, 0.3) is 0 Å². The molecule has 18 heavy (non-hydrogen) atoms. The van der Waals surface area contributed by atoms with Gasteiger partial charge < -0.3 is 9.47 Å². The van der Waals surface area contributed by atoms with Crippen LogP contribution in [0.1, 0.15) is 16.8 Å². The molecule has 0 unspecified atom stereocenters. The van der Waals surface area contributed by atoms with Gasteiger partial charge in [0.05, 0.1) is 7.11 Å². The lowest BCUT2D eigenvalue weighted by Gasteiger charge is -2.11. The summed E-state index contributed by atoms with van der Waals surface area (Å²) < 4.78 is 44.9. The molecule has 0 amide bonds. The van der Waals surface area contributed by atoms with Crippen molar-refractivity contribution in [3.63, 3.8) is 0 Å². The first-order valence-corrected chi connectivity index (χ1v) is 6.02. The molecule has 0 atom stereocenters. The number of ether oxygens (including phenoxy) is 2. The smallest absolute Gasteiger partial charge is 0.497 e. The van der Waals surface area contributed by atoms with Crippen LogP contribution in [0.5, 0.6) is 11.5 Å². The fourth-order valence-corrected chi connectivity index (χ4v) is 1.63. The summed E-state index contributed by atoms with van der Waals surface area (Å²) in [6.07, 6.45) is -4.62. The number of halogens is 4. The van der Waals surface area contributed by atoms with E-state index >= 15 is 0 Å². The molecule has 0 N–H and O–H groups in total. The zero-order valence-corrected chi connectivity index (χ0v) is 11.0. The van der Waals surface area contributed by atoms with E-state index < -0.39 is 12.1 Å². The Bertz CT molecular complexity index is 432. The van der Waals surface area contributed by atoms with Crippen LogP contribution in [0, 0.1) is 0 Å². The Hall–Kier alpha value is -1.24. The largest absolute Gasteiger partial charge is 0.573 e. The standard InChI is InChI=1S/C11H10BrF3O3/c1-17-8-4-7(10(16)2-3-12)5-9(6-8)18-11(13,14)15/h4-6H,2-3H2,1H3. The third kappa shape index (κ3) is 4.56. The summed E-state index contributed by atoms with van der Waals surface area (Å²) >= 11 is 3.09. The zero-order chi connectivity index (χ0) is 13.8. The van der Waals surface area contributed by atoms with E-state index in [1.807, 2.05) is 0 Å². The molecule has 0 spiro atoms. The molecule has 0 fully saturated rings. The number of carbonyl (C=O) groups is 1. The van der Waals surface area contributed by atoms with E-state index in [-0.39, 0.29) is 23.5 Å². The number of hydrogen-bond acceptors (Lipinski definition) is 3. The molecule has 0 aliphatic heterocycles. The zero-order valence-electron chi connectivity index (χ0n) is 9.38. The Morgan fingerprint density at radius 2 is 1.89 bits per heavy atom. The van der Waals surface area contributed by atoms with Crippen LogP contribution in [0.4, 0.5) is 13.2 Å². The average molecular weight is 327 g/mol. The van der Waals surface area contributed by atoms with Gasteiger partial charge in [0.15, 0.2) is 5.78 Å². The molecule has 3 nitrogen and oxygen atoms in total. The number of benzene rings is 1. The van der Waals surface area contributed by atoms with Crippen molar-refractivity contribution < 1.29 is 27.4 Å². The second-order valence-corrected chi connectivity index (χ2v) is 4.10. The Morgan fingerprint density at radius 1 is 1.28 bits per heavy atom. The molecular weight excluding hydrogens is 317 g/mol. The van der Waals surface area contributed by atoms with Gasteiger partial charge in [0.2, 0.25) is 0 Å². The first-order chi connectivity index (χ1) is 8.35. The van der Waals surface area contributed by atoms with Gasteiger partial charge in [-0.15, -0.1) is 13.2 Å². The SMILES string of the molecule is COc1cc(OC(F)(F)F)cc(C(=O)CCBr)c1. The van der Waals surface area contributed by atoms with Gasteiger partial charge in [0.1, 0.15) is 11.5 Å². The minimum absolute atomic E-state index is 0.119. The second kappa shape index (κ2) is 6.08. The fourth-order valence-electron chi connectivity index (χ4n) is 1.27. The molecule has 0 saturated heterocycles. The van der Waals surface area contributed by atoms with Crippen LogP contribution in [0.3, 0.4) is 0 Å². The highest BCUT2D eigenvalue weighted by Crippen LogP contribution is 2.28. The molecule has 0 aliphatic rings. The molecule has 0 heterocycles. The minimum atomic E-state index is -4.80. The Labute approximate surface area is 110 Å². The van der Waals surface area contributed by atoms with E-state index in [1.54, 1.807) is 0 Å². The lowest BCUT2D eigenvalue weighted by atomic mass is 10.1. The molecule has 0 aliphatic carbocycles. The predicted octanol–water partition coefficient (Wildman–Crippen LogP) is 3.56. The van der Waals surface area contributed by atoms with Crippen molar-refractivity contribution in [2.75, 3.05) is 12.4 Å². The van der Waals surface area contributed by atoms with Crippen LogP contribution in [0.25, 0.3) is 0 Å². The summed E-state index contributed by atoms with van der Waals surface area (Å²) in [7, 11) is 1.30. The van der Waals surface area contributed by atoms with Gasteiger partial charge in [-0.3, -0.25) is 4.79 Å². The van der Waals surface area contributed by atoms with E-state index in [1.165, 1.54) is 13.2 Å². The lowest BCUT2D eigenvalue weighted by Crippen LogP contribution is -2.17. The first-order valence-electron chi connectivity index (χ1n) is 4.89. The number of ketones is 1. The van der Waals surface area contributed by atoms with Gasteiger partial charge in [-0.25, -0.2) is 0 Å². The van der Waals surface area contributed by atoms with Crippen molar-refractivity contribution in [1.29, 1.82) is 0 Å². The van der Waals surface area contributed by atoms with Crippen molar-refractivity contribution in [3.8, 4) is 11.5 Å². The van der Waals surface area contributed by atoms with Gasteiger partial charge in [-0.05, 0) is 12.1 Å². The summed E-state index contributed by atoms with van der Waals surface area (Å²) in [5.41, 5.74) is 0.119. The van der Waals surface area contributed by atoms with E-state index in [4.69, 9.17) is 4.74 Å². The number of alkyl halides is 4. The van der Waals surface area contributed by atoms with E-state index in [2.05, 4.69) is 20.7 Å². The molecule has 7 heteroatoms. The monoisotopic (exact) mass is 326 g/mol. The van der Waals surface area contributed by atoms with Crippen molar-refractivity contribution in [2.45, 2.75) is 12.8 Å². The molecule has 1 aromatic rings. The quantitative estimate of drug-likeness (QED) is 0.613. The Balaban J connectivity index is 3.05. The third-order valence-electron chi connectivity index (χ3n) is 1.99. The molecule has 0 saturated carbocycles. The molecular formula is C11H10BrF3O3. The second-order valence-electron chi connectivity index (χ2n) is 3.31. The van der Waals surface area contributed by atoms with E-state index in [9.17, 15) is 18.0 Å². The van der Waals surface area contributed by atoms with Crippen molar-refractivity contribution in [3.05, 3.63) is 23.8 Å². The minimum Gasteiger partial charge on any atom is -0.497 e. The summed E-state index contributed by atoms with van der Waals surface area (Å²) in [4.78, 5) is 11.6. The van der Waals surface area contributed by atoms with Crippen LogP contribution >= 0.6 is 15.9 Å². The highest BCUT2D eigenvalue weighted by atomic mass is 79.9. The summed E-state index contributed by atoms with van der Waals surface area (Å²) in [5.74, 6) is -0.632. The predicted molar refractivity (Wildman–Crippen MR) is 62.4 cm³/mol. The maximum Gasteiger partial charge on any atom is 0.573 e. The van der Waals surface area contributed by atoms with Gasteiger partial charge >= 0.3 is 6.36 Å². The Morgan fingerprint density at radius 3 is 2.39 bits per heavy atom. The normalized spacial score (nSPS) is 11.2. The number of methoxy groups -OCH3 is 1. The highest BCUT2D eigenvalue weighted by molar-refractivity contribution is 9.09. The summed E-state index contributed by atoms with van der Waals surface area (Å²) in [5, 5.41) is 0.429. The summed E-state index contributed by atoms with van der Waals surface area (Å²) in [6, 6.07) is 3.48. The topological polar surface area (TPSA) is 35.5 Å². The number of carbonyl (C=O) groups excluding carboxylic acids is 1. The maximum absolute atomic E-state index is 12.1. The van der Waals surface area contributed by atoms with Gasteiger partial charge in [-0.2, -0.15) is 0 Å². The van der Waals surface area contributed by atoms with Gasteiger partial charge in [-0.1, -0.05) is 15.9 Å². The molecule has 100 valence electrons. The first kappa shape index (κ1) is 14.8. The molecule has 0 radical (unpaired) electrons. The molecule has 1 aromatic carbocycles. The maximum atomic E-state index is 12.1. The molecule has 0 aromatic heterocycles. The van der Waals surface area contributed by atoms with E-state index in [0.29, 0.717) is 5.33 Å². The van der Waals surface area contributed by atoms with Crippen molar-refractivity contribution in [2.24, 2.45) is 0 Å². The van der Waals surface area contributed by atoms with Gasteiger partial charge in [0, 0.05) is 23.4 Å². The molecule has 1 rings (SSSR count). The molecule has 0 bridgehead atoms. The van der Waals surface area contributed by atoms with Crippen molar-refractivity contribution >= 4 is 21.7 Å². The number of hydrogen-bond donors (Lipinski definition) is 0. The average Bonchev–Trinajstić information content (AvgIpc) is 2.26. The Kier molecular flexibility index (Phi) is 5.01. The van der Waals surface area contributed by atoms with Crippen LogP contribution in [0.15, 0.2) is 18.2 Å². The van der Waals surface area contributed by atoms with Crippen LogP contribution in [-0.4, -0.2) is 24.6 Å². The number of rotatable bonds is 5. The van der Waals surface area contributed by atoms with E-state index in [0.717, 1.165) is 12.1 Å². The number of Topliss-reactive ketones (excluding diaryl/α,β-unsaturated/α-hetero) is 1.